The Balaban J connectivity index is 1.35. The maximum atomic E-state index is 13.3. The van der Waals surface area contributed by atoms with Crippen molar-refractivity contribution in [1.29, 1.82) is 0 Å². The minimum absolute atomic E-state index is 0.0277. The number of aromatic nitrogens is 1. The first-order chi connectivity index (χ1) is 15.6. The number of hydrogen-bond acceptors (Lipinski definition) is 6. The van der Waals surface area contributed by atoms with Gasteiger partial charge < -0.3 is 19.4 Å². The van der Waals surface area contributed by atoms with Gasteiger partial charge in [-0.3, -0.25) is 14.2 Å². The van der Waals surface area contributed by atoms with Gasteiger partial charge in [0.05, 0.1) is 24.3 Å². The molecule has 2 aromatic heterocycles. The standard InChI is InChI=1S/C23H25N3O5S/c27-19(9-10-26-16-6-2-3-7-17(16)31-23(26)29)24-21-20(15-5-1-4-8-18(15)32-21)22(28)25-11-13-30-14-12-25/h2-3,6-7H,1,4-5,8-14H2,(H,24,27). The summed E-state index contributed by atoms with van der Waals surface area (Å²) in [5, 5.41) is 3.60. The van der Waals surface area contributed by atoms with Gasteiger partial charge in [0.1, 0.15) is 5.00 Å². The number of amides is 2. The predicted octanol–water partition coefficient (Wildman–Crippen LogP) is 3.04. The zero-order valence-corrected chi connectivity index (χ0v) is 18.5. The fourth-order valence-corrected chi connectivity index (χ4v) is 5.73. The molecule has 1 saturated heterocycles. The third-order valence-corrected chi connectivity index (χ3v) is 7.28. The van der Waals surface area contributed by atoms with Gasteiger partial charge in [0, 0.05) is 30.9 Å². The summed E-state index contributed by atoms with van der Waals surface area (Å²) in [6.45, 7) is 2.40. The average molecular weight is 456 g/mol. The fraction of sp³-hybridized carbons (Fsp3) is 0.435. The first kappa shape index (κ1) is 21.0. The van der Waals surface area contributed by atoms with Crippen LogP contribution < -0.4 is 11.1 Å². The van der Waals surface area contributed by atoms with E-state index < -0.39 is 5.76 Å². The monoisotopic (exact) mass is 455 g/mol. The summed E-state index contributed by atoms with van der Waals surface area (Å²) in [5.41, 5.74) is 2.90. The third kappa shape index (κ3) is 3.98. The number of fused-ring (bicyclic) bond motifs is 2. The number of thiophene rings is 1. The summed E-state index contributed by atoms with van der Waals surface area (Å²) < 4.78 is 12.1. The number of ether oxygens (including phenoxy) is 1. The molecule has 168 valence electrons. The highest BCUT2D eigenvalue weighted by Gasteiger charge is 2.30. The van der Waals surface area contributed by atoms with Crippen molar-refractivity contribution in [2.45, 2.75) is 38.6 Å². The number of aryl methyl sites for hydroxylation is 2. The van der Waals surface area contributed by atoms with E-state index in [-0.39, 0.29) is 24.8 Å². The van der Waals surface area contributed by atoms with Crippen molar-refractivity contribution >= 4 is 39.3 Å². The molecule has 1 fully saturated rings. The van der Waals surface area contributed by atoms with E-state index in [1.54, 1.807) is 18.2 Å². The van der Waals surface area contributed by atoms with Gasteiger partial charge in [0.15, 0.2) is 5.58 Å². The number of nitrogens with zero attached hydrogens (tertiary/aromatic N) is 2. The lowest BCUT2D eigenvalue weighted by molar-refractivity contribution is -0.116. The van der Waals surface area contributed by atoms with E-state index >= 15 is 0 Å². The summed E-state index contributed by atoms with van der Waals surface area (Å²) >= 11 is 1.51. The van der Waals surface area contributed by atoms with Gasteiger partial charge in [-0.05, 0) is 43.4 Å². The highest BCUT2D eigenvalue weighted by molar-refractivity contribution is 7.17. The first-order valence-electron chi connectivity index (χ1n) is 11.0. The van der Waals surface area contributed by atoms with E-state index in [1.165, 1.54) is 20.8 Å². The third-order valence-electron chi connectivity index (χ3n) is 6.07. The highest BCUT2D eigenvalue weighted by Crippen LogP contribution is 2.39. The molecule has 1 aliphatic heterocycles. The fourth-order valence-electron chi connectivity index (χ4n) is 4.43. The lowest BCUT2D eigenvalue weighted by Crippen LogP contribution is -2.41. The molecular formula is C23H25N3O5S. The molecular weight excluding hydrogens is 430 g/mol. The zero-order valence-electron chi connectivity index (χ0n) is 17.7. The second kappa shape index (κ2) is 8.91. The summed E-state index contributed by atoms with van der Waals surface area (Å²) in [5.74, 6) is -0.731. The van der Waals surface area contributed by atoms with E-state index in [0.717, 1.165) is 31.2 Å². The van der Waals surface area contributed by atoms with Crippen molar-refractivity contribution in [3.8, 4) is 0 Å². The molecule has 0 unspecified atom stereocenters. The van der Waals surface area contributed by atoms with Crippen LogP contribution in [0.1, 0.15) is 40.1 Å². The maximum absolute atomic E-state index is 13.3. The Kier molecular flexibility index (Phi) is 5.84. The van der Waals surface area contributed by atoms with Crippen LogP contribution in [0.4, 0.5) is 5.00 Å². The lowest BCUT2D eigenvalue weighted by atomic mass is 9.95. The highest BCUT2D eigenvalue weighted by atomic mass is 32.1. The SMILES string of the molecule is O=C(CCn1c(=O)oc2ccccc21)Nc1sc2c(c1C(=O)N1CCOCC1)CCCC2. The number of oxazole rings is 1. The van der Waals surface area contributed by atoms with Crippen molar-refractivity contribution in [3.63, 3.8) is 0 Å². The van der Waals surface area contributed by atoms with Gasteiger partial charge in [0.25, 0.3) is 5.91 Å². The quantitative estimate of drug-likeness (QED) is 0.638. The number of hydrogen-bond donors (Lipinski definition) is 1. The Bertz CT molecular complexity index is 1220. The van der Waals surface area contributed by atoms with Crippen molar-refractivity contribution < 1.29 is 18.7 Å². The molecule has 1 aliphatic carbocycles. The molecule has 1 aromatic carbocycles. The van der Waals surface area contributed by atoms with Crippen LogP contribution in [0.2, 0.25) is 0 Å². The van der Waals surface area contributed by atoms with Crippen LogP contribution in [0.5, 0.6) is 0 Å². The molecule has 9 heteroatoms. The lowest BCUT2D eigenvalue weighted by Gasteiger charge is -2.27. The van der Waals surface area contributed by atoms with E-state index in [1.807, 2.05) is 11.0 Å². The van der Waals surface area contributed by atoms with Crippen LogP contribution in [-0.4, -0.2) is 47.6 Å². The molecule has 2 aliphatic rings. The predicted molar refractivity (Wildman–Crippen MR) is 121 cm³/mol. The number of benzene rings is 1. The van der Waals surface area contributed by atoms with E-state index in [4.69, 9.17) is 9.15 Å². The number of morpholine rings is 1. The van der Waals surface area contributed by atoms with Gasteiger partial charge in [0.2, 0.25) is 5.91 Å². The summed E-state index contributed by atoms with van der Waals surface area (Å²) in [6, 6.07) is 7.15. The molecule has 3 heterocycles. The van der Waals surface area contributed by atoms with Gasteiger partial charge in [-0.15, -0.1) is 11.3 Å². The van der Waals surface area contributed by atoms with Crippen LogP contribution in [0.15, 0.2) is 33.5 Å². The van der Waals surface area contributed by atoms with Crippen molar-refractivity contribution in [2.75, 3.05) is 31.6 Å². The molecule has 8 nitrogen and oxygen atoms in total. The van der Waals surface area contributed by atoms with Crippen LogP contribution >= 0.6 is 11.3 Å². The summed E-state index contributed by atoms with van der Waals surface area (Å²) in [6.07, 6.45) is 4.07. The van der Waals surface area contributed by atoms with Crippen LogP contribution in [0.25, 0.3) is 11.1 Å². The number of anilines is 1. The van der Waals surface area contributed by atoms with Gasteiger partial charge in [-0.1, -0.05) is 12.1 Å². The molecule has 0 atom stereocenters. The molecule has 3 aromatic rings. The minimum Gasteiger partial charge on any atom is -0.408 e. The second-order valence-corrected chi connectivity index (χ2v) is 9.21. The average Bonchev–Trinajstić information content (AvgIpc) is 3.34. The largest absolute Gasteiger partial charge is 0.419 e. The molecule has 1 N–H and O–H groups in total. The van der Waals surface area contributed by atoms with Crippen LogP contribution in [0.3, 0.4) is 0 Å². The number of nitrogens with one attached hydrogen (secondary N) is 1. The molecule has 0 saturated carbocycles. The van der Waals surface area contributed by atoms with Crippen molar-refractivity contribution in [3.05, 3.63) is 50.8 Å². The number of carbonyl (C=O) groups excluding carboxylic acids is 2. The van der Waals surface area contributed by atoms with E-state index in [9.17, 15) is 14.4 Å². The van der Waals surface area contributed by atoms with Crippen molar-refractivity contribution in [2.24, 2.45) is 0 Å². The number of rotatable bonds is 5. The Morgan fingerprint density at radius 1 is 1.09 bits per heavy atom. The zero-order chi connectivity index (χ0) is 22.1. The Morgan fingerprint density at radius 3 is 2.72 bits per heavy atom. The number of carbonyl (C=O) groups is 2. The maximum Gasteiger partial charge on any atom is 0.419 e. The van der Waals surface area contributed by atoms with Crippen molar-refractivity contribution in [1.82, 2.24) is 9.47 Å². The number of para-hydroxylation sites is 2. The van der Waals surface area contributed by atoms with E-state index in [2.05, 4.69) is 5.32 Å². The molecule has 0 radical (unpaired) electrons. The summed E-state index contributed by atoms with van der Waals surface area (Å²) in [7, 11) is 0. The molecule has 0 bridgehead atoms. The Morgan fingerprint density at radius 2 is 1.88 bits per heavy atom. The van der Waals surface area contributed by atoms with Crippen LogP contribution in [-0.2, 0) is 28.9 Å². The normalized spacial score (nSPS) is 16.2. The van der Waals surface area contributed by atoms with E-state index in [0.29, 0.717) is 48.0 Å². The topological polar surface area (TPSA) is 93.8 Å². The summed E-state index contributed by atoms with van der Waals surface area (Å²) in [4.78, 5) is 41.3. The molecule has 32 heavy (non-hydrogen) atoms. The Labute approximate surface area is 188 Å². The van der Waals surface area contributed by atoms with Crippen LogP contribution in [0, 0.1) is 0 Å². The minimum atomic E-state index is -0.478. The molecule has 0 spiro atoms. The first-order valence-corrected chi connectivity index (χ1v) is 11.8. The molecule has 2 amide bonds. The smallest absolute Gasteiger partial charge is 0.408 e. The van der Waals surface area contributed by atoms with Gasteiger partial charge in [-0.2, -0.15) is 0 Å². The Hall–Kier alpha value is -2.91. The molecule has 5 rings (SSSR count). The van der Waals surface area contributed by atoms with Gasteiger partial charge in [-0.25, -0.2) is 4.79 Å². The second-order valence-electron chi connectivity index (χ2n) is 8.11. The van der Waals surface area contributed by atoms with Gasteiger partial charge >= 0.3 is 5.76 Å².